The largest absolute Gasteiger partial charge is 0.430 e. The second-order valence-corrected chi connectivity index (χ2v) is 5.83. The van der Waals surface area contributed by atoms with Crippen molar-refractivity contribution in [1.82, 2.24) is 4.98 Å². The van der Waals surface area contributed by atoms with Crippen LogP contribution >= 0.6 is 9.24 Å². The summed E-state index contributed by atoms with van der Waals surface area (Å²) < 4.78 is 30.0. The van der Waals surface area contributed by atoms with Crippen LogP contribution in [0.15, 0.2) is 54.6 Å². The van der Waals surface area contributed by atoms with Crippen molar-refractivity contribution >= 4 is 31.6 Å². The maximum atomic E-state index is 12.8. The number of fused-ring (bicyclic) bond motifs is 1. The van der Waals surface area contributed by atoms with Gasteiger partial charge in [0.05, 0.1) is 5.52 Å². The van der Waals surface area contributed by atoms with Gasteiger partial charge in [0.2, 0.25) is 0 Å². The second kappa shape index (κ2) is 6.09. The Hall–Kier alpha value is -2.26. The molecule has 23 heavy (non-hydrogen) atoms. The van der Waals surface area contributed by atoms with Crippen LogP contribution in [0.2, 0.25) is 0 Å². The fourth-order valence-electron chi connectivity index (χ4n) is 2.25. The molecule has 0 bridgehead atoms. The molecule has 0 saturated carbocycles. The van der Waals surface area contributed by atoms with E-state index in [9.17, 15) is 8.78 Å². The quantitative estimate of drug-likeness (QED) is 0.676. The minimum absolute atomic E-state index is 0.0961. The number of nitrogens with one attached hydrogen (secondary N) is 1. The summed E-state index contributed by atoms with van der Waals surface area (Å²) in [4.78, 5) is 4.59. The highest BCUT2D eigenvalue weighted by Crippen LogP contribution is 2.29. The van der Waals surface area contributed by atoms with Crippen molar-refractivity contribution in [3.63, 3.8) is 0 Å². The van der Waals surface area contributed by atoms with E-state index in [1.165, 1.54) is 21.4 Å². The van der Waals surface area contributed by atoms with E-state index in [2.05, 4.69) is 21.1 Å². The number of halogens is 2. The highest BCUT2D eigenvalue weighted by Gasteiger charge is 2.23. The number of benzene rings is 2. The summed E-state index contributed by atoms with van der Waals surface area (Å²) in [6.07, 6.45) is 0. The Kier molecular flexibility index (Phi) is 4.14. The highest BCUT2D eigenvalue weighted by atomic mass is 31.0. The molecule has 0 aliphatic heterocycles. The van der Waals surface area contributed by atoms with Crippen molar-refractivity contribution in [3.05, 3.63) is 60.2 Å². The topological polar surface area (TPSA) is 34.2 Å². The first-order valence-electron chi connectivity index (χ1n) is 7.00. The third-order valence-corrected chi connectivity index (χ3v) is 3.40. The number of aryl methyl sites for hydroxylation is 1. The van der Waals surface area contributed by atoms with Crippen molar-refractivity contribution in [2.75, 3.05) is 5.32 Å². The zero-order valence-electron chi connectivity index (χ0n) is 12.4. The Morgan fingerprint density at radius 3 is 2.48 bits per heavy atom. The number of ether oxygens (including phenoxy) is 1. The number of hydrogen-bond donors (Lipinski definition) is 1. The summed E-state index contributed by atoms with van der Waals surface area (Å²) in [5, 5.41) is 4.27. The van der Waals surface area contributed by atoms with Crippen molar-refractivity contribution in [3.8, 4) is 5.75 Å². The van der Waals surface area contributed by atoms with Crippen molar-refractivity contribution in [2.24, 2.45) is 0 Å². The van der Waals surface area contributed by atoms with E-state index >= 15 is 0 Å². The van der Waals surface area contributed by atoms with E-state index in [1.807, 2.05) is 31.2 Å². The Balaban J connectivity index is 1.83. The summed E-state index contributed by atoms with van der Waals surface area (Å²) in [6.45, 7) is 1.97. The van der Waals surface area contributed by atoms with Gasteiger partial charge in [-0.15, -0.1) is 0 Å². The Morgan fingerprint density at radius 2 is 1.78 bits per heavy atom. The summed E-state index contributed by atoms with van der Waals surface area (Å²) in [5.41, 5.74) is 2.64. The summed E-state index contributed by atoms with van der Waals surface area (Å²) in [6, 6.07) is 16.2. The first-order chi connectivity index (χ1) is 10.9. The SMILES string of the molecule is Cc1cc2ccccc2nc1Nc1ccc(OC(F)(F)P)cc1. The number of rotatable bonds is 4. The van der Waals surface area contributed by atoms with Crippen LogP contribution in [0.4, 0.5) is 20.3 Å². The predicted molar refractivity (Wildman–Crippen MR) is 91.5 cm³/mol. The molecule has 118 valence electrons. The molecule has 2 aromatic carbocycles. The molecule has 0 spiro atoms. The number of nitrogens with zero attached hydrogens (tertiary/aromatic N) is 1. The average Bonchev–Trinajstić information content (AvgIpc) is 2.48. The lowest BCUT2D eigenvalue weighted by Crippen LogP contribution is -2.14. The standard InChI is InChI=1S/C17H15F2N2OP/c1-11-10-12-4-2-3-5-15(12)21-16(11)20-13-6-8-14(9-7-13)22-17(18,19)23/h2-10H,23H2,1H3,(H,20,21). The molecule has 1 aromatic heterocycles. The van der Waals surface area contributed by atoms with Crippen LogP contribution in [0, 0.1) is 6.92 Å². The molecule has 1 atom stereocenters. The van der Waals surface area contributed by atoms with Crippen LogP contribution in [0.25, 0.3) is 10.9 Å². The summed E-state index contributed by atoms with van der Waals surface area (Å²) >= 11 is 0. The number of aromatic nitrogens is 1. The highest BCUT2D eigenvalue weighted by molar-refractivity contribution is 7.17. The Labute approximate surface area is 134 Å². The molecule has 1 heterocycles. The molecular weight excluding hydrogens is 317 g/mol. The zero-order valence-corrected chi connectivity index (χ0v) is 13.5. The van der Waals surface area contributed by atoms with Crippen molar-refractivity contribution < 1.29 is 13.5 Å². The summed E-state index contributed by atoms with van der Waals surface area (Å²) in [5.74, 6) is -2.45. The number of pyridine rings is 1. The molecule has 1 N–H and O–H groups in total. The first-order valence-corrected chi connectivity index (χ1v) is 7.58. The number of para-hydroxylation sites is 1. The van der Waals surface area contributed by atoms with E-state index in [4.69, 9.17) is 0 Å². The third kappa shape index (κ3) is 3.93. The number of hydrogen-bond acceptors (Lipinski definition) is 3. The fourth-order valence-corrected chi connectivity index (χ4v) is 2.38. The normalized spacial score (nSPS) is 11.5. The van der Waals surface area contributed by atoms with Crippen LogP contribution in [0.1, 0.15) is 5.56 Å². The molecule has 0 aliphatic rings. The van der Waals surface area contributed by atoms with Gasteiger partial charge in [-0.3, -0.25) is 0 Å². The van der Waals surface area contributed by atoms with Gasteiger partial charge < -0.3 is 10.1 Å². The molecule has 3 rings (SSSR count). The minimum Gasteiger partial charge on any atom is -0.430 e. The van der Waals surface area contributed by atoms with Gasteiger partial charge in [-0.05, 0) is 58.1 Å². The molecule has 0 radical (unpaired) electrons. The van der Waals surface area contributed by atoms with Crippen LogP contribution in [-0.2, 0) is 0 Å². The minimum atomic E-state index is -3.27. The monoisotopic (exact) mass is 332 g/mol. The van der Waals surface area contributed by atoms with Gasteiger partial charge in [-0.1, -0.05) is 18.2 Å². The molecule has 0 saturated heterocycles. The molecule has 3 aromatic rings. The lowest BCUT2D eigenvalue weighted by atomic mass is 10.1. The van der Waals surface area contributed by atoms with Crippen LogP contribution in [0.5, 0.6) is 5.75 Å². The van der Waals surface area contributed by atoms with Crippen molar-refractivity contribution in [2.45, 2.75) is 12.8 Å². The maximum Gasteiger partial charge on any atom is 0.408 e. The van der Waals surface area contributed by atoms with E-state index in [-0.39, 0.29) is 5.75 Å². The summed E-state index contributed by atoms with van der Waals surface area (Å²) in [7, 11) is 1.34. The molecule has 0 amide bonds. The smallest absolute Gasteiger partial charge is 0.408 e. The van der Waals surface area contributed by atoms with E-state index in [0.29, 0.717) is 0 Å². The van der Waals surface area contributed by atoms with Gasteiger partial charge in [0, 0.05) is 11.1 Å². The molecule has 0 fully saturated rings. The first kappa shape index (κ1) is 15.6. The van der Waals surface area contributed by atoms with Crippen LogP contribution < -0.4 is 10.1 Å². The van der Waals surface area contributed by atoms with Crippen molar-refractivity contribution in [1.29, 1.82) is 0 Å². The Morgan fingerprint density at radius 1 is 1.09 bits per heavy atom. The van der Waals surface area contributed by atoms with E-state index < -0.39 is 5.85 Å². The third-order valence-electron chi connectivity index (χ3n) is 3.29. The molecule has 0 aliphatic carbocycles. The molecule has 1 unspecified atom stereocenters. The molecule has 3 nitrogen and oxygen atoms in total. The number of anilines is 2. The lowest BCUT2D eigenvalue weighted by Gasteiger charge is -2.14. The fraction of sp³-hybridized carbons (Fsp3) is 0.118. The predicted octanol–water partition coefficient (Wildman–Crippen LogP) is 5.09. The average molecular weight is 332 g/mol. The number of alkyl halides is 2. The van der Waals surface area contributed by atoms with Gasteiger partial charge in [0.25, 0.3) is 0 Å². The molecular formula is C17H15F2N2OP. The zero-order chi connectivity index (χ0) is 16.4. The van der Waals surface area contributed by atoms with Gasteiger partial charge in [-0.2, -0.15) is 8.78 Å². The maximum absolute atomic E-state index is 12.8. The van der Waals surface area contributed by atoms with Gasteiger partial charge in [-0.25, -0.2) is 4.98 Å². The van der Waals surface area contributed by atoms with E-state index in [1.54, 1.807) is 12.1 Å². The lowest BCUT2D eigenvalue weighted by molar-refractivity contribution is -0.0892. The van der Waals surface area contributed by atoms with Crippen LogP contribution in [-0.4, -0.2) is 10.8 Å². The van der Waals surface area contributed by atoms with E-state index in [0.717, 1.165) is 28.0 Å². The van der Waals surface area contributed by atoms with Gasteiger partial charge in [0.1, 0.15) is 11.6 Å². The Bertz CT molecular complexity index is 832. The van der Waals surface area contributed by atoms with Crippen LogP contribution in [0.3, 0.4) is 0 Å². The molecule has 6 heteroatoms. The van der Waals surface area contributed by atoms with Gasteiger partial charge >= 0.3 is 5.85 Å². The van der Waals surface area contributed by atoms with Gasteiger partial charge in [0.15, 0.2) is 0 Å². The second-order valence-electron chi connectivity index (χ2n) is 5.16.